The molecule has 3 aliphatic rings. The molecule has 122 valence electrons. The number of hydrogen-bond donors (Lipinski definition) is 1. The van der Waals surface area contributed by atoms with Gasteiger partial charge in [0.2, 0.25) is 0 Å². The predicted octanol–water partition coefficient (Wildman–Crippen LogP) is 3.21. The lowest BCUT2D eigenvalue weighted by Gasteiger charge is -2.41. The lowest BCUT2D eigenvalue weighted by molar-refractivity contribution is -0.0915. The average molecular weight is 295 g/mol. The minimum atomic E-state index is -0.420. The minimum Gasteiger partial charge on any atom is -0.390 e. The van der Waals surface area contributed by atoms with Gasteiger partial charge in [-0.25, -0.2) is 0 Å². The van der Waals surface area contributed by atoms with Crippen LogP contribution >= 0.6 is 0 Å². The summed E-state index contributed by atoms with van der Waals surface area (Å²) in [5.41, 5.74) is 0.0259. The molecule has 0 radical (unpaired) electrons. The van der Waals surface area contributed by atoms with Gasteiger partial charge in [0.1, 0.15) is 0 Å². The summed E-state index contributed by atoms with van der Waals surface area (Å²) >= 11 is 0. The van der Waals surface area contributed by atoms with Gasteiger partial charge in [0, 0.05) is 12.5 Å². The maximum absolute atomic E-state index is 10.6. The van der Waals surface area contributed by atoms with Gasteiger partial charge >= 0.3 is 0 Å². The Hall–Kier alpha value is -0.120. The molecule has 3 nitrogen and oxygen atoms in total. The summed E-state index contributed by atoms with van der Waals surface area (Å²) in [4.78, 5) is 2.57. The molecule has 0 aromatic carbocycles. The van der Waals surface area contributed by atoms with E-state index in [1.165, 1.54) is 51.6 Å². The number of hydrogen-bond acceptors (Lipinski definition) is 3. The summed E-state index contributed by atoms with van der Waals surface area (Å²) in [6, 6.07) is 0. The van der Waals surface area contributed by atoms with Gasteiger partial charge in [-0.05, 0) is 71.9 Å². The van der Waals surface area contributed by atoms with Gasteiger partial charge in [0.05, 0.1) is 17.3 Å². The molecule has 2 saturated heterocycles. The van der Waals surface area contributed by atoms with E-state index in [1.54, 1.807) is 0 Å². The minimum absolute atomic E-state index is 0.213. The average Bonchev–Trinajstić information content (AvgIpc) is 2.89. The van der Waals surface area contributed by atoms with Crippen LogP contribution < -0.4 is 0 Å². The summed E-state index contributed by atoms with van der Waals surface area (Å²) in [5, 5.41) is 10.6. The zero-order valence-corrected chi connectivity index (χ0v) is 14.3. The summed E-state index contributed by atoms with van der Waals surface area (Å²) in [5.74, 6) is 0.213. The number of aliphatic hydroxyl groups is 1. The molecular weight excluding hydrogens is 262 g/mol. The smallest absolute Gasteiger partial charge is 0.0896 e. The Bertz CT molecular complexity index is 375. The lowest BCUT2D eigenvalue weighted by atomic mass is 9.76. The van der Waals surface area contributed by atoms with Crippen LogP contribution in [0.4, 0.5) is 0 Å². The van der Waals surface area contributed by atoms with Gasteiger partial charge in [-0.2, -0.15) is 0 Å². The van der Waals surface area contributed by atoms with Crippen molar-refractivity contribution in [1.29, 1.82) is 0 Å². The number of ether oxygens (including phenoxy) is 1. The van der Waals surface area contributed by atoms with Crippen molar-refractivity contribution < 1.29 is 9.84 Å². The van der Waals surface area contributed by atoms with Crippen LogP contribution in [0.5, 0.6) is 0 Å². The fourth-order valence-electron chi connectivity index (χ4n) is 5.11. The molecule has 2 aliphatic heterocycles. The van der Waals surface area contributed by atoms with Crippen molar-refractivity contribution >= 4 is 0 Å². The zero-order chi connectivity index (χ0) is 15.3. The number of aliphatic hydroxyl groups excluding tert-OH is 1. The Balaban J connectivity index is 1.60. The van der Waals surface area contributed by atoms with Gasteiger partial charge in [0.25, 0.3) is 0 Å². The first-order valence-corrected chi connectivity index (χ1v) is 8.85. The van der Waals surface area contributed by atoms with Gasteiger partial charge in [-0.15, -0.1) is 0 Å². The third kappa shape index (κ3) is 2.89. The highest BCUT2D eigenvalue weighted by molar-refractivity contribution is 5.03. The molecular formula is C18H33NO2. The second kappa shape index (κ2) is 5.21. The van der Waals surface area contributed by atoms with Crippen LogP contribution in [0.1, 0.15) is 66.2 Å². The Morgan fingerprint density at radius 3 is 2.00 bits per heavy atom. The molecule has 3 fully saturated rings. The van der Waals surface area contributed by atoms with E-state index < -0.39 is 5.60 Å². The van der Waals surface area contributed by atoms with E-state index in [0.717, 1.165) is 6.54 Å². The largest absolute Gasteiger partial charge is 0.390 e. The second-order valence-corrected chi connectivity index (χ2v) is 8.87. The molecule has 0 bridgehead atoms. The Morgan fingerprint density at radius 2 is 1.52 bits per heavy atom. The van der Waals surface area contributed by atoms with E-state index in [1.807, 2.05) is 13.8 Å². The van der Waals surface area contributed by atoms with Gasteiger partial charge in [-0.3, -0.25) is 0 Å². The van der Waals surface area contributed by atoms with Crippen LogP contribution in [-0.2, 0) is 4.74 Å². The molecule has 2 heterocycles. The predicted molar refractivity (Wildman–Crippen MR) is 85.3 cm³/mol. The van der Waals surface area contributed by atoms with Crippen LogP contribution in [0.15, 0.2) is 0 Å². The molecule has 2 atom stereocenters. The third-order valence-electron chi connectivity index (χ3n) is 6.55. The van der Waals surface area contributed by atoms with Crippen LogP contribution in [0.3, 0.4) is 0 Å². The van der Waals surface area contributed by atoms with E-state index in [2.05, 4.69) is 18.7 Å². The van der Waals surface area contributed by atoms with Crippen LogP contribution in [0, 0.1) is 11.3 Å². The Labute approximate surface area is 130 Å². The van der Waals surface area contributed by atoms with Gasteiger partial charge in [-0.1, -0.05) is 12.8 Å². The normalized spacial score (nSPS) is 38.1. The fraction of sp³-hybridized carbons (Fsp3) is 1.00. The first-order chi connectivity index (χ1) is 9.74. The van der Waals surface area contributed by atoms with Crippen molar-refractivity contribution in [3.8, 4) is 0 Å². The molecule has 0 aromatic rings. The van der Waals surface area contributed by atoms with E-state index in [0.29, 0.717) is 5.41 Å². The van der Waals surface area contributed by atoms with Crippen LogP contribution in [0.2, 0.25) is 0 Å². The molecule has 21 heavy (non-hydrogen) atoms. The lowest BCUT2D eigenvalue weighted by Crippen LogP contribution is -2.47. The molecule has 0 aromatic heterocycles. The summed E-state index contributed by atoms with van der Waals surface area (Å²) in [6.07, 6.45) is 8.14. The first kappa shape index (κ1) is 15.8. The highest BCUT2D eigenvalue weighted by Gasteiger charge is 2.53. The van der Waals surface area contributed by atoms with Crippen LogP contribution in [0.25, 0.3) is 0 Å². The van der Waals surface area contributed by atoms with E-state index in [4.69, 9.17) is 4.74 Å². The fourth-order valence-corrected chi connectivity index (χ4v) is 5.11. The summed E-state index contributed by atoms with van der Waals surface area (Å²) < 4.78 is 6.12. The van der Waals surface area contributed by atoms with E-state index >= 15 is 0 Å². The zero-order valence-electron chi connectivity index (χ0n) is 14.3. The van der Waals surface area contributed by atoms with Crippen molar-refractivity contribution in [3.63, 3.8) is 0 Å². The molecule has 0 amide bonds. The Kier molecular flexibility index (Phi) is 3.91. The van der Waals surface area contributed by atoms with Crippen molar-refractivity contribution in [1.82, 2.24) is 4.90 Å². The number of likely N-dealkylation sites (tertiary alicyclic amines) is 1. The number of nitrogens with zero attached hydrogens (tertiary/aromatic N) is 1. The number of rotatable bonds is 2. The van der Waals surface area contributed by atoms with Crippen molar-refractivity contribution in [2.45, 2.75) is 83.5 Å². The molecule has 1 N–H and O–H groups in total. The maximum Gasteiger partial charge on any atom is 0.0896 e. The van der Waals surface area contributed by atoms with E-state index in [-0.39, 0.29) is 17.6 Å². The SMILES string of the molecule is CC1(C)OC(C)(C)C(CN2CCC3(CCCC3)CC2)C1O. The molecule has 2 unspecified atom stereocenters. The molecule has 1 spiro atoms. The monoisotopic (exact) mass is 295 g/mol. The Morgan fingerprint density at radius 1 is 0.952 bits per heavy atom. The molecule has 1 aliphatic carbocycles. The number of piperidine rings is 1. The quantitative estimate of drug-likeness (QED) is 0.849. The highest BCUT2D eigenvalue weighted by atomic mass is 16.5. The summed E-state index contributed by atoms with van der Waals surface area (Å²) in [7, 11) is 0. The van der Waals surface area contributed by atoms with Gasteiger partial charge in [0.15, 0.2) is 0 Å². The van der Waals surface area contributed by atoms with Crippen molar-refractivity contribution in [2.75, 3.05) is 19.6 Å². The summed E-state index contributed by atoms with van der Waals surface area (Å²) in [6.45, 7) is 11.7. The van der Waals surface area contributed by atoms with Crippen molar-refractivity contribution in [3.05, 3.63) is 0 Å². The van der Waals surface area contributed by atoms with Crippen LogP contribution in [-0.4, -0.2) is 46.9 Å². The highest BCUT2D eigenvalue weighted by Crippen LogP contribution is 2.47. The standard InChI is InChI=1S/C18H33NO2/c1-16(2)14(15(20)17(3,4)21-16)13-19-11-9-18(10-12-19)7-5-6-8-18/h14-15,20H,5-13H2,1-4H3. The third-order valence-corrected chi connectivity index (χ3v) is 6.55. The molecule has 1 saturated carbocycles. The maximum atomic E-state index is 10.6. The first-order valence-electron chi connectivity index (χ1n) is 8.85. The molecule has 3 rings (SSSR count). The van der Waals surface area contributed by atoms with Gasteiger partial charge < -0.3 is 14.7 Å². The van der Waals surface area contributed by atoms with Crippen molar-refractivity contribution in [2.24, 2.45) is 11.3 Å². The van der Waals surface area contributed by atoms with E-state index in [9.17, 15) is 5.11 Å². The topological polar surface area (TPSA) is 32.7 Å². The molecule has 3 heteroatoms. The second-order valence-electron chi connectivity index (χ2n) is 8.87.